The Morgan fingerprint density at radius 2 is 0.774 bits per heavy atom. The summed E-state index contributed by atoms with van der Waals surface area (Å²) in [6.07, 6.45) is 0. The molecule has 1 aliphatic carbocycles. The number of para-hydroxylation sites is 2. The first-order valence-corrected chi connectivity index (χ1v) is 21.2. The van der Waals surface area contributed by atoms with Gasteiger partial charge in [0.05, 0.1) is 22.1 Å². The molecule has 4 heteroatoms. The van der Waals surface area contributed by atoms with Gasteiger partial charge in [-0.1, -0.05) is 194 Å². The van der Waals surface area contributed by atoms with Crippen LogP contribution in [0.2, 0.25) is 0 Å². The molecule has 11 aromatic rings. The first kappa shape index (κ1) is 34.6. The molecule has 1 spiro atoms. The summed E-state index contributed by atoms with van der Waals surface area (Å²) in [6.45, 7) is 0. The summed E-state index contributed by atoms with van der Waals surface area (Å²) in [4.78, 5) is 15.4. The molecule has 62 heavy (non-hydrogen) atoms. The lowest BCUT2D eigenvalue weighted by atomic mass is 9.65. The Balaban J connectivity index is 1.01. The van der Waals surface area contributed by atoms with Crippen molar-refractivity contribution >= 4 is 21.8 Å². The van der Waals surface area contributed by atoms with Crippen molar-refractivity contribution in [2.75, 3.05) is 0 Å². The van der Waals surface area contributed by atoms with E-state index < -0.39 is 5.41 Å². The zero-order chi connectivity index (χ0) is 40.8. The number of rotatable bonds is 5. The minimum atomic E-state index is -0.486. The first-order valence-electron chi connectivity index (χ1n) is 21.2. The number of nitrogens with zero attached hydrogens (tertiary/aromatic N) is 4. The molecule has 0 bridgehead atoms. The summed E-state index contributed by atoms with van der Waals surface area (Å²) in [5.41, 5.74) is 18.3. The Labute approximate surface area is 359 Å². The summed E-state index contributed by atoms with van der Waals surface area (Å²) in [7, 11) is 0. The van der Waals surface area contributed by atoms with Gasteiger partial charge in [0.15, 0.2) is 17.5 Å². The third-order valence-corrected chi connectivity index (χ3v) is 13.0. The Hall–Kier alpha value is -8.21. The summed E-state index contributed by atoms with van der Waals surface area (Å²) < 4.78 is 2.52. The van der Waals surface area contributed by atoms with Crippen molar-refractivity contribution in [1.82, 2.24) is 19.5 Å². The fraction of sp³-hybridized carbons (Fsp3) is 0.0172. The van der Waals surface area contributed by atoms with Crippen LogP contribution in [0.3, 0.4) is 0 Å². The quantitative estimate of drug-likeness (QED) is 0.174. The predicted octanol–water partition coefficient (Wildman–Crippen LogP) is 14.0. The lowest BCUT2D eigenvalue weighted by molar-refractivity contribution is 0.748. The van der Waals surface area contributed by atoms with Crippen LogP contribution in [0.5, 0.6) is 0 Å². The number of benzene rings is 9. The fourth-order valence-corrected chi connectivity index (χ4v) is 10.4. The zero-order valence-electron chi connectivity index (χ0n) is 33.6. The molecule has 0 unspecified atom stereocenters. The third-order valence-electron chi connectivity index (χ3n) is 13.0. The second-order valence-electron chi connectivity index (χ2n) is 16.3. The van der Waals surface area contributed by atoms with Crippen molar-refractivity contribution < 1.29 is 0 Å². The Morgan fingerprint density at radius 3 is 1.45 bits per heavy atom. The molecule has 0 saturated heterocycles. The van der Waals surface area contributed by atoms with Gasteiger partial charge in [-0.25, -0.2) is 15.0 Å². The van der Waals surface area contributed by atoms with Gasteiger partial charge in [0, 0.05) is 27.5 Å². The van der Waals surface area contributed by atoms with Crippen molar-refractivity contribution in [1.29, 1.82) is 0 Å². The van der Waals surface area contributed by atoms with Crippen molar-refractivity contribution in [2.45, 2.75) is 5.41 Å². The van der Waals surface area contributed by atoms with Crippen LogP contribution in [0.4, 0.5) is 0 Å². The first-order chi connectivity index (χ1) is 30.7. The predicted molar refractivity (Wildman–Crippen MR) is 252 cm³/mol. The smallest absolute Gasteiger partial charge is 0.164 e. The monoisotopic (exact) mass is 788 g/mol. The number of hydrogen-bond donors (Lipinski definition) is 0. The molecule has 2 aromatic heterocycles. The van der Waals surface area contributed by atoms with Gasteiger partial charge >= 0.3 is 0 Å². The molecular formula is C58H36N4. The van der Waals surface area contributed by atoms with Gasteiger partial charge in [-0.2, -0.15) is 0 Å². The van der Waals surface area contributed by atoms with E-state index in [1.807, 2.05) is 24.3 Å². The second-order valence-corrected chi connectivity index (χ2v) is 16.3. The Morgan fingerprint density at radius 1 is 0.306 bits per heavy atom. The van der Waals surface area contributed by atoms with Gasteiger partial charge in [-0.15, -0.1) is 0 Å². The molecule has 0 atom stereocenters. The molecule has 0 N–H and O–H groups in total. The molecule has 0 fully saturated rings. The van der Waals surface area contributed by atoms with Crippen LogP contribution in [0.25, 0.3) is 95.0 Å². The lowest BCUT2D eigenvalue weighted by Gasteiger charge is -2.39. The maximum absolute atomic E-state index is 5.18. The largest absolute Gasteiger partial charge is 0.309 e. The van der Waals surface area contributed by atoms with E-state index in [4.69, 9.17) is 15.0 Å². The molecular weight excluding hydrogens is 753 g/mol. The normalized spacial score (nSPS) is 13.0. The highest BCUT2D eigenvalue weighted by atomic mass is 15.0. The molecule has 9 aromatic carbocycles. The topological polar surface area (TPSA) is 43.6 Å². The summed E-state index contributed by atoms with van der Waals surface area (Å²) in [6, 6.07) is 78.6. The van der Waals surface area contributed by atoms with E-state index >= 15 is 0 Å². The summed E-state index contributed by atoms with van der Waals surface area (Å²) >= 11 is 0. The number of aromatic nitrogens is 4. The van der Waals surface area contributed by atoms with Crippen LogP contribution >= 0.6 is 0 Å². The SMILES string of the molecule is c1ccc(-c2cccc(-c3nc(-c4ccccc4)nc(-c4cccc(-c5ccc6c(c5)-n5c7ccccc7c7cccc(c75)C65c6ccccc6-c6ccccc65)c4)n3)c2)cc1. The fourth-order valence-electron chi connectivity index (χ4n) is 10.4. The second kappa shape index (κ2) is 13.4. The highest BCUT2D eigenvalue weighted by Gasteiger charge is 2.50. The minimum absolute atomic E-state index is 0.486. The van der Waals surface area contributed by atoms with Gasteiger partial charge in [0.1, 0.15) is 0 Å². The van der Waals surface area contributed by atoms with Crippen LogP contribution in [-0.2, 0) is 5.41 Å². The van der Waals surface area contributed by atoms with Gasteiger partial charge in [0.25, 0.3) is 0 Å². The highest BCUT2D eigenvalue weighted by Crippen LogP contribution is 2.61. The molecule has 13 rings (SSSR count). The Bertz CT molecular complexity index is 3540. The van der Waals surface area contributed by atoms with Gasteiger partial charge in [-0.3, -0.25) is 0 Å². The van der Waals surface area contributed by atoms with E-state index in [9.17, 15) is 0 Å². The maximum atomic E-state index is 5.18. The molecule has 0 amide bonds. The molecule has 2 aliphatic rings. The summed E-state index contributed by atoms with van der Waals surface area (Å²) in [5.74, 6) is 1.90. The molecule has 3 heterocycles. The van der Waals surface area contributed by atoms with Crippen LogP contribution in [0, 0.1) is 0 Å². The van der Waals surface area contributed by atoms with Gasteiger partial charge in [-0.05, 0) is 79.9 Å². The van der Waals surface area contributed by atoms with E-state index in [0.29, 0.717) is 17.5 Å². The van der Waals surface area contributed by atoms with E-state index in [-0.39, 0.29) is 0 Å². The molecule has 1 aliphatic heterocycles. The molecule has 288 valence electrons. The highest BCUT2D eigenvalue weighted by molar-refractivity contribution is 6.13. The van der Waals surface area contributed by atoms with E-state index in [2.05, 4.69) is 199 Å². The Kier molecular flexibility index (Phi) is 7.49. The maximum Gasteiger partial charge on any atom is 0.164 e. The average molecular weight is 789 g/mol. The molecule has 0 saturated carbocycles. The summed E-state index contributed by atoms with van der Waals surface area (Å²) in [5, 5.41) is 2.53. The van der Waals surface area contributed by atoms with Crippen LogP contribution in [0.15, 0.2) is 218 Å². The van der Waals surface area contributed by atoms with Crippen molar-refractivity contribution in [3.05, 3.63) is 241 Å². The van der Waals surface area contributed by atoms with Crippen molar-refractivity contribution in [2.24, 2.45) is 0 Å². The van der Waals surface area contributed by atoms with E-state index in [1.165, 1.54) is 60.9 Å². The van der Waals surface area contributed by atoms with Crippen LogP contribution in [0.1, 0.15) is 22.3 Å². The molecule has 0 radical (unpaired) electrons. The minimum Gasteiger partial charge on any atom is -0.309 e. The van der Waals surface area contributed by atoms with E-state index in [0.717, 1.165) is 38.9 Å². The van der Waals surface area contributed by atoms with E-state index in [1.54, 1.807) is 0 Å². The number of fused-ring (bicyclic) bond motifs is 12. The zero-order valence-corrected chi connectivity index (χ0v) is 33.6. The lowest BCUT2D eigenvalue weighted by Crippen LogP contribution is -2.33. The van der Waals surface area contributed by atoms with Crippen molar-refractivity contribution in [3.8, 4) is 73.2 Å². The van der Waals surface area contributed by atoms with Crippen LogP contribution < -0.4 is 0 Å². The van der Waals surface area contributed by atoms with Gasteiger partial charge in [0.2, 0.25) is 0 Å². The standard InChI is InChI=1S/C58H36N4/c1-3-16-37(17-4-1)39-20-13-22-42(34-39)56-59-55(38-18-5-2-6-19-38)60-57(61-56)43-23-14-21-40(35-43)41-32-33-50-53(36-41)62-52-31-12-9-26-46(52)47-27-15-30-51(54(47)62)58(50)48-28-10-7-24-44(48)45-25-8-11-29-49(45)58/h1-36H. The van der Waals surface area contributed by atoms with Gasteiger partial charge < -0.3 is 4.57 Å². The van der Waals surface area contributed by atoms with Crippen LogP contribution in [-0.4, -0.2) is 19.5 Å². The van der Waals surface area contributed by atoms with Crippen molar-refractivity contribution in [3.63, 3.8) is 0 Å². The third kappa shape index (κ3) is 4.98. The number of hydrogen-bond acceptors (Lipinski definition) is 3. The average Bonchev–Trinajstić information content (AvgIpc) is 3.85. The molecule has 4 nitrogen and oxygen atoms in total.